The van der Waals surface area contributed by atoms with Crippen molar-refractivity contribution in [2.45, 2.75) is 16.3 Å². The molecule has 10 heteroatoms. The van der Waals surface area contributed by atoms with Crippen LogP contribution >= 0.6 is 11.6 Å². The molecular weight excluding hydrogens is 440 g/mol. The maximum atomic E-state index is 12.9. The van der Waals surface area contributed by atoms with Crippen LogP contribution in [0.4, 0.5) is 0 Å². The van der Waals surface area contributed by atoms with Gasteiger partial charge in [0.25, 0.3) is 5.91 Å². The zero-order valence-electron chi connectivity index (χ0n) is 16.3. The minimum absolute atomic E-state index is 0.0419. The Morgan fingerprint density at radius 3 is 2.65 bits per heavy atom. The Balaban J connectivity index is 1.47. The summed E-state index contributed by atoms with van der Waals surface area (Å²) >= 11 is 6.00. The Morgan fingerprint density at radius 2 is 1.90 bits per heavy atom. The smallest absolute Gasteiger partial charge is 0.254 e. The van der Waals surface area contributed by atoms with E-state index in [0.717, 1.165) is 5.56 Å². The number of carbonyl (C=O) groups excluding carboxylic acids is 1. The SMILES string of the molecule is COc1cc(Cl)cc(S(=O)(=O)c2ccc(CNC(=O)c3cnc4nccn4c3)cc2)c1. The van der Waals surface area contributed by atoms with Gasteiger partial charge in [0.2, 0.25) is 15.6 Å². The number of aromatic nitrogens is 3. The number of imidazole rings is 1. The van der Waals surface area contributed by atoms with E-state index in [4.69, 9.17) is 16.3 Å². The zero-order chi connectivity index (χ0) is 22.0. The predicted octanol–water partition coefficient (Wildman–Crippen LogP) is 3.15. The Labute approximate surface area is 183 Å². The molecule has 8 nitrogen and oxygen atoms in total. The van der Waals surface area contributed by atoms with Crippen LogP contribution in [0.1, 0.15) is 15.9 Å². The standard InChI is InChI=1S/C21H17ClN4O4S/c1-30-17-8-16(22)9-19(10-17)31(28,29)18-4-2-14(3-5-18)11-24-20(27)15-12-25-21-23-6-7-26(21)13-15/h2-10,12-13H,11H2,1H3,(H,24,27). The lowest BCUT2D eigenvalue weighted by Gasteiger charge is -2.09. The maximum Gasteiger partial charge on any atom is 0.254 e. The first-order valence-electron chi connectivity index (χ1n) is 9.12. The lowest BCUT2D eigenvalue weighted by atomic mass is 10.2. The van der Waals surface area contributed by atoms with Crippen LogP contribution in [0.3, 0.4) is 0 Å². The number of sulfone groups is 1. The monoisotopic (exact) mass is 456 g/mol. The van der Waals surface area contributed by atoms with E-state index in [2.05, 4.69) is 15.3 Å². The molecular formula is C21H17ClN4O4S. The third kappa shape index (κ3) is 4.37. The maximum absolute atomic E-state index is 12.9. The molecule has 0 radical (unpaired) electrons. The lowest BCUT2D eigenvalue weighted by Crippen LogP contribution is -2.23. The molecule has 4 aromatic rings. The third-order valence-electron chi connectivity index (χ3n) is 4.59. The lowest BCUT2D eigenvalue weighted by molar-refractivity contribution is 0.0950. The van der Waals surface area contributed by atoms with Crippen LogP contribution in [0.25, 0.3) is 5.78 Å². The van der Waals surface area contributed by atoms with E-state index in [1.54, 1.807) is 35.1 Å². The van der Waals surface area contributed by atoms with E-state index in [1.165, 1.54) is 43.6 Å². The summed E-state index contributed by atoms with van der Waals surface area (Å²) in [6, 6.07) is 10.6. The largest absolute Gasteiger partial charge is 0.497 e. The van der Waals surface area contributed by atoms with Gasteiger partial charge in [0.05, 0.1) is 22.5 Å². The summed E-state index contributed by atoms with van der Waals surface area (Å²) in [7, 11) is -2.33. The van der Waals surface area contributed by atoms with E-state index in [-0.39, 0.29) is 27.3 Å². The van der Waals surface area contributed by atoms with Crippen molar-refractivity contribution < 1.29 is 17.9 Å². The van der Waals surface area contributed by atoms with E-state index >= 15 is 0 Å². The summed E-state index contributed by atoms with van der Waals surface area (Å²) < 4.78 is 32.6. The highest BCUT2D eigenvalue weighted by Gasteiger charge is 2.19. The van der Waals surface area contributed by atoms with Crippen LogP contribution in [0.5, 0.6) is 5.75 Å². The molecule has 0 bridgehead atoms. The highest BCUT2D eigenvalue weighted by atomic mass is 35.5. The molecule has 0 atom stereocenters. The van der Waals surface area contributed by atoms with Gasteiger partial charge in [0, 0.05) is 36.4 Å². The van der Waals surface area contributed by atoms with Crippen LogP contribution in [-0.2, 0) is 16.4 Å². The van der Waals surface area contributed by atoms with Gasteiger partial charge in [-0.25, -0.2) is 18.4 Å². The topological polar surface area (TPSA) is 103 Å². The van der Waals surface area contributed by atoms with Gasteiger partial charge in [-0.1, -0.05) is 23.7 Å². The average Bonchev–Trinajstić information content (AvgIpc) is 3.25. The molecule has 0 saturated carbocycles. The minimum Gasteiger partial charge on any atom is -0.497 e. The van der Waals surface area contributed by atoms with Crippen molar-refractivity contribution in [1.82, 2.24) is 19.7 Å². The Bertz CT molecular complexity index is 1370. The fourth-order valence-electron chi connectivity index (χ4n) is 2.95. The second kappa shape index (κ2) is 8.37. The number of methoxy groups -OCH3 is 1. The molecule has 0 saturated heterocycles. The number of ether oxygens (including phenoxy) is 1. The number of nitrogens with zero attached hydrogens (tertiary/aromatic N) is 3. The van der Waals surface area contributed by atoms with Crippen LogP contribution in [-0.4, -0.2) is 35.8 Å². The molecule has 4 rings (SSSR count). The van der Waals surface area contributed by atoms with E-state index in [0.29, 0.717) is 17.1 Å². The van der Waals surface area contributed by atoms with Crippen molar-refractivity contribution in [3.05, 3.63) is 83.4 Å². The molecule has 1 N–H and O–H groups in total. The first-order valence-corrected chi connectivity index (χ1v) is 11.0. The number of carbonyl (C=O) groups is 1. The van der Waals surface area contributed by atoms with E-state index in [9.17, 15) is 13.2 Å². The second-order valence-electron chi connectivity index (χ2n) is 6.63. The number of fused-ring (bicyclic) bond motifs is 1. The first-order chi connectivity index (χ1) is 14.9. The number of rotatable bonds is 6. The van der Waals surface area contributed by atoms with Crippen molar-refractivity contribution >= 4 is 33.1 Å². The van der Waals surface area contributed by atoms with Gasteiger partial charge in [-0.05, 0) is 35.9 Å². The highest BCUT2D eigenvalue weighted by molar-refractivity contribution is 7.91. The van der Waals surface area contributed by atoms with Crippen LogP contribution < -0.4 is 10.1 Å². The molecule has 0 unspecified atom stereocenters. The summed E-state index contributed by atoms with van der Waals surface area (Å²) in [5.41, 5.74) is 1.13. The predicted molar refractivity (Wildman–Crippen MR) is 114 cm³/mol. The van der Waals surface area contributed by atoms with Crippen LogP contribution in [0.15, 0.2) is 77.0 Å². The number of nitrogens with one attached hydrogen (secondary N) is 1. The summed E-state index contributed by atoms with van der Waals surface area (Å²) in [6.45, 7) is 0.228. The molecule has 1 amide bonds. The molecule has 2 heterocycles. The zero-order valence-corrected chi connectivity index (χ0v) is 17.9. The summed E-state index contributed by atoms with van der Waals surface area (Å²) in [5, 5.41) is 3.05. The molecule has 0 spiro atoms. The van der Waals surface area contributed by atoms with E-state index in [1.807, 2.05) is 0 Å². The molecule has 158 valence electrons. The second-order valence-corrected chi connectivity index (χ2v) is 9.02. The quantitative estimate of drug-likeness (QED) is 0.478. The molecule has 0 fully saturated rings. The molecule has 2 aromatic carbocycles. The number of amides is 1. The normalized spacial score (nSPS) is 11.4. The molecule has 31 heavy (non-hydrogen) atoms. The van der Waals surface area contributed by atoms with Gasteiger partial charge in [-0.15, -0.1) is 0 Å². The van der Waals surface area contributed by atoms with Gasteiger partial charge >= 0.3 is 0 Å². The number of halogens is 1. The molecule has 0 aliphatic rings. The van der Waals surface area contributed by atoms with Gasteiger partial charge < -0.3 is 10.1 Å². The van der Waals surface area contributed by atoms with Crippen LogP contribution in [0, 0.1) is 0 Å². The summed E-state index contributed by atoms with van der Waals surface area (Å²) in [4.78, 5) is 20.7. The van der Waals surface area contributed by atoms with Crippen molar-refractivity contribution in [3.8, 4) is 5.75 Å². The Kier molecular flexibility index (Phi) is 5.62. The van der Waals surface area contributed by atoms with Gasteiger partial charge in [-0.2, -0.15) is 0 Å². The number of hydrogen-bond donors (Lipinski definition) is 1. The molecule has 0 aliphatic heterocycles. The summed E-state index contributed by atoms with van der Waals surface area (Å²) in [5.74, 6) is 0.560. The summed E-state index contributed by atoms with van der Waals surface area (Å²) in [6.07, 6.45) is 6.39. The van der Waals surface area contributed by atoms with Crippen molar-refractivity contribution in [2.75, 3.05) is 7.11 Å². The van der Waals surface area contributed by atoms with E-state index < -0.39 is 9.84 Å². The Hall–Kier alpha value is -3.43. The minimum atomic E-state index is -3.77. The average molecular weight is 457 g/mol. The van der Waals surface area contributed by atoms with Crippen LogP contribution in [0.2, 0.25) is 5.02 Å². The third-order valence-corrected chi connectivity index (χ3v) is 6.55. The van der Waals surface area contributed by atoms with Gasteiger partial charge in [0.15, 0.2) is 0 Å². The molecule has 0 aliphatic carbocycles. The Morgan fingerprint density at radius 1 is 1.13 bits per heavy atom. The fourth-order valence-corrected chi connectivity index (χ4v) is 4.56. The van der Waals surface area contributed by atoms with Crippen molar-refractivity contribution in [3.63, 3.8) is 0 Å². The highest BCUT2D eigenvalue weighted by Crippen LogP contribution is 2.28. The number of benzene rings is 2. The first kappa shape index (κ1) is 20.8. The molecule has 2 aromatic heterocycles. The van der Waals surface area contributed by atoms with Gasteiger partial charge in [-0.3, -0.25) is 9.20 Å². The number of hydrogen-bond acceptors (Lipinski definition) is 6. The van der Waals surface area contributed by atoms with Gasteiger partial charge in [0.1, 0.15) is 5.75 Å². The fraction of sp³-hybridized carbons (Fsp3) is 0.0952. The van der Waals surface area contributed by atoms with Crippen molar-refractivity contribution in [1.29, 1.82) is 0 Å². The van der Waals surface area contributed by atoms with Crippen molar-refractivity contribution in [2.24, 2.45) is 0 Å².